The summed E-state index contributed by atoms with van der Waals surface area (Å²) in [5.74, 6) is 0.572. The Morgan fingerprint density at radius 3 is 1.77 bits per heavy atom. The summed E-state index contributed by atoms with van der Waals surface area (Å²) in [5, 5.41) is 18.6. The predicted octanol–water partition coefficient (Wildman–Crippen LogP) is 3.93. The molecule has 2 N–H and O–H groups in total. The number of phenolic OH excluding ortho intramolecular Hbond substituents is 2. The first-order valence-corrected chi connectivity index (χ1v) is 7.16. The number of aromatic hydroxyl groups is 2. The van der Waals surface area contributed by atoms with Gasteiger partial charge in [-0.3, -0.25) is 4.79 Å². The monoisotopic (exact) mass is 292 g/mol. The molecule has 110 valence electrons. The zero-order chi connectivity index (χ0) is 15.5. The van der Waals surface area contributed by atoms with Crippen LogP contribution in [0.15, 0.2) is 59.7 Å². The normalized spacial score (nSPS) is 18.3. The van der Waals surface area contributed by atoms with Gasteiger partial charge in [0.15, 0.2) is 5.78 Å². The summed E-state index contributed by atoms with van der Waals surface area (Å²) >= 11 is 0. The van der Waals surface area contributed by atoms with E-state index >= 15 is 0 Å². The van der Waals surface area contributed by atoms with Crippen LogP contribution >= 0.6 is 0 Å². The predicted molar refractivity (Wildman–Crippen MR) is 86.4 cm³/mol. The number of phenols is 2. The van der Waals surface area contributed by atoms with Crippen molar-refractivity contribution >= 4 is 17.9 Å². The van der Waals surface area contributed by atoms with Crippen LogP contribution in [0.25, 0.3) is 12.2 Å². The Balaban J connectivity index is 1.95. The van der Waals surface area contributed by atoms with Crippen molar-refractivity contribution in [2.75, 3.05) is 0 Å². The molecular weight excluding hydrogens is 276 g/mol. The van der Waals surface area contributed by atoms with Crippen LogP contribution in [0.4, 0.5) is 0 Å². The van der Waals surface area contributed by atoms with Crippen LogP contribution in [0.2, 0.25) is 0 Å². The van der Waals surface area contributed by atoms with Crippen LogP contribution in [-0.4, -0.2) is 16.0 Å². The second-order valence-electron chi connectivity index (χ2n) is 5.33. The fraction of sp³-hybridized carbons (Fsp3) is 0.105. The highest BCUT2D eigenvalue weighted by Crippen LogP contribution is 2.31. The van der Waals surface area contributed by atoms with Gasteiger partial charge in [-0.15, -0.1) is 0 Å². The molecule has 0 saturated heterocycles. The van der Waals surface area contributed by atoms with Crippen LogP contribution in [-0.2, 0) is 4.79 Å². The maximum atomic E-state index is 12.1. The van der Waals surface area contributed by atoms with Gasteiger partial charge in [0.1, 0.15) is 11.5 Å². The van der Waals surface area contributed by atoms with Crippen LogP contribution < -0.4 is 0 Å². The van der Waals surface area contributed by atoms with Gasteiger partial charge in [-0.05, 0) is 53.5 Å². The molecule has 1 aliphatic carbocycles. The minimum atomic E-state index is 0.137. The van der Waals surface area contributed by atoms with E-state index in [1.54, 1.807) is 36.4 Å². The molecule has 1 fully saturated rings. The number of hydrogen-bond donors (Lipinski definition) is 2. The highest BCUT2D eigenvalue weighted by atomic mass is 16.3. The minimum Gasteiger partial charge on any atom is -0.508 e. The molecule has 1 aliphatic rings. The van der Waals surface area contributed by atoms with Crippen LogP contribution in [0.5, 0.6) is 11.5 Å². The highest BCUT2D eigenvalue weighted by molar-refractivity contribution is 6.08. The highest BCUT2D eigenvalue weighted by Gasteiger charge is 2.22. The summed E-state index contributed by atoms with van der Waals surface area (Å²) in [6.07, 6.45) is 5.09. The molecule has 0 amide bonds. The van der Waals surface area contributed by atoms with Gasteiger partial charge in [-0.1, -0.05) is 30.3 Å². The van der Waals surface area contributed by atoms with Crippen molar-refractivity contribution in [3.05, 3.63) is 70.8 Å². The van der Waals surface area contributed by atoms with E-state index in [2.05, 4.69) is 0 Å². The van der Waals surface area contributed by atoms with Crippen LogP contribution in [0.3, 0.4) is 0 Å². The van der Waals surface area contributed by atoms with Crippen LogP contribution in [0.1, 0.15) is 24.0 Å². The first kappa shape index (κ1) is 14.1. The number of hydrogen-bond acceptors (Lipinski definition) is 3. The van der Waals surface area contributed by atoms with Crippen molar-refractivity contribution in [1.82, 2.24) is 0 Å². The van der Waals surface area contributed by atoms with Gasteiger partial charge in [-0.2, -0.15) is 0 Å². The SMILES string of the molecule is O=C1CCC(=Cc2ccc(O)cc2)C1=Cc1ccc(O)cc1. The lowest BCUT2D eigenvalue weighted by Gasteiger charge is -2.02. The molecule has 0 atom stereocenters. The largest absolute Gasteiger partial charge is 0.508 e. The molecule has 0 aromatic heterocycles. The van der Waals surface area contributed by atoms with E-state index in [-0.39, 0.29) is 17.3 Å². The van der Waals surface area contributed by atoms with Crippen molar-refractivity contribution < 1.29 is 15.0 Å². The minimum absolute atomic E-state index is 0.137. The average Bonchev–Trinajstić information content (AvgIpc) is 2.85. The van der Waals surface area contributed by atoms with Gasteiger partial charge in [0.25, 0.3) is 0 Å². The zero-order valence-electron chi connectivity index (χ0n) is 12.0. The topological polar surface area (TPSA) is 57.5 Å². The van der Waals surface area contributed by atoms with Gasteiger partial charge in [0.2, 0.25) is 0 Å². The van der Waals surface area contributed by atoms with E-state index in [0.717, 1.165) is 28.7 Å². The number of rotatable bonds is 2. The van der Waals surface area contributed by atoms with E-state index < -0.39 is 0 Å². The Labute approximate surface area is 128 Å². The first-order valence-electron chi connectivity index (χ1n) is 7.16. The average molecular weight is 292 g/mol. The molecule has 3 nitrogen and oxygen atoms in total. The van der Waals surface area contributed by atoms with Gasteiger partial charge < -0.3 is 10.2 Å². The second kappa shape index (κ2) is 5.90. The quantitative estimate of drug-likeness (QED) is 0.825. The van der Waals surface area contributed by atoms with E-state index in [4.69, 9.17) is 0 Å². The van der Waals surface area contributed by atoms with Crippen LogP contribution in [0, 0.1) is 0 Å². The molecule has 0 bridgehead atoms. The Hall–Kier alpha value is -2.81. The first-order chi connectivity index (χ1) is 10.6. The van der Waals surface area contributed by atoms with Crippen molar-refractivity contribution in [2.45, 2.75) is 12.8 Å². The number of carbonyl (C=O) groups excluding carboxylic acids is 1. The summed E-state index contributed by atoms with van der Waals surface area (Å²) in [4.78, 5) is 12.1. The van der Waals surface area contributed by atoms with Gasteiger partial charge in [0.05, 0.1) is 0 Å². The summed E-state index contributed by atoms with van der Waals surface area (Å²) < 4.78 is 0. The van der Waals surface area contributed by atoms with Gasteiger partial charge in [0, 0.05) is 12.0 Å². The number of Topliss-reactive ketones (excluding diaryl/α,β-unsaturated/α-hetero) is 1. The number of benzene rings is 2. The summed E-state index contributed by atoms with van der Waals surface area (Å²) in [7, 11) is 0. The van der Waals surface area contributed by atoms with Crippen molar-refractivity contribution in [1.29, 1.82) is 0 Å². The molecule has 0 radical (unpaired) electrons. The fourth-order valence-corrected chi connectivity index (χ4v) is 2.53. The third kappa shape index (κ3) is 3.09. The molecule has 0 unspecified atom stereocenters. The molecule has 1 saturated carbocycles. The molecule has 0 aliphatic heterocycles. The molecule has 3 rings (SSSR count). The molecule has 0 spiro atoms. The zero-order valence-corrected chi connectivity index (χ0v) is 12.0. The smallest absolute Gasteiger partial charge is 0.163 e. The summed E-state index contributed by atoms with van der Waals surface area (Å²) in [6, 6.07) is 13.7. The third-order valence-corrected chi connectivity index (χ3v) is 3.71. The number of carbonyl (C=O) groups is 1. The van der Waals surface area contributed by atoms with E-state index in [1.807, 2.05) is 24.3 Å². The Kier molecular flexibility index (Phi) is 3.79. The number of ketones is 1. The lowest BCUT2D eigenvalue weighted by atomic mass is 10.0. The van der Waals surface area contributed by atoms with Crippen molar-refractivity contribution in [3.8, 4) is 11.5 Å². The molecule has 2 aromatic rings. The van der Waals surface area contributed by atoms with E-state index in [9.17, 15) is 15.0 Å². The van der Waals surface area contributed by atoms with Crippen molar-refractivity contribution in [2.24, 2.45) is 0 Å². The Morgan fingerprint density at radius 2 is 1.23 bits per heavy atom. The second-order valence-corrected chi connectivity index (χ2v) is 5.33. The molecule has 22 heavy (non-hydrogen) atoms. The standard InChI is InChI=1S/C19H16O3/c20-16-6-1-13(2-7-16)11-15-5-10-19(22)18(15)12-14-3-8-17(21)9-4-14/h1-4,6-9,11-12,20-21H,5,10H2. The van der Waals surface area contributed by atoms with Crippen molar-refractivity contribution in [3.63, 3.8) is 0 Å². The van der Waals surface area contributed by atoms with Gasteiger partial charge >= 0.3 is 0 Å². The lowest BCUT2D eigenvalue weighted by molar-refractivity contribution is -0.114. The van der Waals surface area contributed by atoms with Gasteiger partial charge in [-0.25, -0.2) is 0 Å². The molecular formula is C19H16O3. The summed E-state index contributed by atoms with van der Waals surface area (Å²) in [6.45, 7) is 0. The molecule has 3 heteroatoms. The molecule has 2 aromatic carbocycles. The molecule has 0 heterocycles. The van der Waals surface area contributed by atoms with E-state index in [0.29, 0.717) is 6.42 Å². The summed E-state index contributed by atoms with van der Waals surface area (Å²) in [5.41, 5.74) is 3.57. The van der Waals surface area contributed by atoms with E-state index in [1.165, 1.54) is 0 Å². The Morgan fingerprint density at radius 1 is 0.727 bits per heavy atom. The third-order valence-electron chi connectivity index (χ3n) is 3.71. The maximum absolute atomic E-state index is 12.1. The number of allylic oxidation sites excluding steroid dienone is 2. The Bertz CT molecular complexity index is 750. The lowest BCUT2D eigenvalue weighted by Crippen LogP contribution is -1.92. The fourth-order valence-electron chi connectivity index (χ4n) is 2.53. The maximum Gasteiger partial charge on any atom is 0.163 e.